The summed E-state index contributed by atoms with van der Waals surface area (Å²) in [7, 11) is 2.02. The zero-order valence-electron chi connectivity index (χ0n) is 12.4. The molecule has 1 fully saturated rings. The van der Waals surface area contributed by atoms with E-state index in [-0.39, 0.29) is 18.6 Å². The third-order valence-electron chi connectivity index (χ3n) is 3.67. The predicted octanol–water partition coefficient (Wildman–Crippen LogP) is 1.33. The highest BCUT2D eigenvalue weighted by Gasteiger charge is 2.30. The minimum atomic E-state index is -1.02. The van der Waals surface area contributed by atoms with Crippen molar-refractivity contribution in [3.05, 3.63) is 30.3 Å². The van der Waals surface area contributed by atoms with Crippen molar-refractivity contribution in [3.8, 4) is 0 Å². The molecular formula is C15H21N3O3. The first-order valence-electron chi connectivity index (χ1n) is 7.02. The molecule has 21 heavy (non-hydrogen) atoms. The maximum Gasteiger partial charge on any atom is 0.325 e. The normalized spacial score (nSPS) is 19.3. The van der Waals surface area contributed by atoms with Crippen molar-refractivity contribution in [1.82, 2.24) is 9.80 Å². The van der Waals surface area contributed by atoms with Gasteiger partial charge < -0.3 is 14.9 Å². The van der Waals surface area contributed by atoms with Crippen molar-refractivity contribution in [2.45, 2.75) is 13.0 Å². The number of likely N-dealkylation sites (N-methyl/N-ethyl adjacent to an activating group) is 1. The highest BCUT2D eigenvalue weighted by Crippen LogP contribution is 2.18. The SMILES string of the molecule is CC1CN(C)CCN1C(=O)N(CC(=O)O)c1ccccc1. The van der Waals surface area contributed by atoms with Gasteiger partial charge in [-0.1, -0.05) is 18.2 Å². The number of carboxylic acid groups (broad SMARTS) is 1. The fourth-order valence-electron chi connectivity index (χ4n) is 2.59. The number of aliphatic carboxylic acids is 1. The summed E-state index contributed by atoms with van der Waals surface area (Å²) in [5.41, 5.74) is 0.607. The molecule has 114 valence electrons. The average Bonchev–Trinajstić information content (AvgIpc) is 2.45. The van der Waals surface area contributed by atoms with E-state index in [2.05, 4.69) is 4.90 Å². The van der Waals surface area contributed by atoms with Crippen molar-refractivity contribution < 1.29 is 14.7 Å². The zero-order chi connectivity index (χ0) is 15.4. The monoisotopic (exact) mass is 291 g/mol. The molecule has 0 aromatic heterocycles. The Morgan fingerprint density at radius 2 is 1.95 bits per heavy atom. The van der Waals surface area contributed by atoms with Gasteiger partial charge in [-0.15, -0.1) is 0 Å². The van der Waals surface area contributed by atoms with E-state index in [1.54, 1.807) is 29.2 Å². The number of hydrogen-bond acceptors (Lipinski definition) is 3. The third kappa shape index (κ3) is 3.72. The van der Waals surface area contributed by atoms with Crippen LogP contribution in [0.1, 0.15) is 6.92 Å². The molecule has 2 amide bonds. The van der Waals surface area contributed by atoms with Crippen LogP contribution in [0.5, 0.6) is 0 Å². The molecule has 1 aromatic carbocycles. The molecule has 1 aliphatic heterocycles. The van der Waals surface area contributed by atoms with Crippen LogP contribution < -0.4 is 4.90 Å². The summed E-state index contributed by atoms with van der Waals surface area (Å²) >= 11 is 0. The Kier molecular flexibility index (Phi) is 4.80. The molecule has 0 saturated carbocycles. The molecule has 0 bridgehead atoms. The minimum absolute atomic E-state index is 0.0660. The molecule has 1 saturated heterocycles. The van der Waals surface area contributed by atoms with Crippen LogP contribution in [0.3, 0.4) is 0 Å². The van der Waals surface area contributed by atoms with E-state index in [0.717, 1.165) is 13.1 Å². The summed E-state index contributed by atoms with van der Waals surface area (Å²) in [6.45, 7) is 3.85. The second-order valence-electron chi connectivity index (χ2n) is 5.40. The van der Waals surface area contributed by atoms with Crippen molar-refractivity contribution in [1.29, 1.82) is 0 Å². The van der Waals surface area contributed by atoms with Gasteiger partial charge in [0, 0.05) is 31.4 Å². The van der Waals surface area contributed by atoms with E-state index in [9.17, 15) is 9.59 Å². The van der Waals surface area contributed by atoms with Crippen LogP contribution in [0, 0.1) is 0 Å². The number of hydrogen-bond donors (Lipinski definition) is 1. The van der Waals surface area contributed by atoms with E-state index in [0.29, 0.717) is 12.2 Å². The Bertz CT molecular complexity index is 506. The van der Waals surface area contributed by atoms with Crippen molar-refractivity contribution in [3.63, 3.8) is 0 Å². The molecular weight excluding hydrogens is 270 g/mol. The molecule has 0 radical (unpaired) electrons. The Hall–Kier alpha value is -2.08. The maximum atomic E-state index is 12.7. The van der Waals surface area contributed by atoms with Crippen molar-refractivity contribution in [2.75, 3.05) is 38.1 Å². The molecule has 1 unspecified atom stereocenters. The Labute approximate surface area is 124 Å². The molecule has 0 spiro atoms. The zero-order valence-corrected chi connectivity index (χ0v) is 12.4. The number of carbonyl (C=O) groups excluding carboxylic acids is 1. The van der Waals surface area contributed by atoms with E-state index < -0.39 is 5.97 Å². The number of anilines is 1. The largest absolute Gasteiger partial charge is 0.480 e. The van der Waals surface area contributed by atoms with Crippen LogP contribution in [-0.2, 0) is 4.79 Å². The first kappa shape index (κ1) is 15.3. The summed E-state index contributed by atoms with van der Waals surface area (Å²) in [4.78, 5) is 29.0. The standard InChI is InChI=1S/C15H21N3O3/c1-12-10-16(2)8-9-17(12)15(21)18(11-14(19)20)13-6-4-3-5-7-13/h3-7,12H,8-11H2,1-2H3,(H,19,20). The topological polar surface area (TPSA) is 64.1 Å². The number of para-hydroxylation sites is 1. The second-order valence-corrected chi connectivity index (χ2v) is 5.40. The van der Waals surface area contributed by atoms with Crippen LogP contribution in [-0.4, -0.2) is 66.2 Å². The van der Waals surface area contributed by atoms with Crippen molar-refractivity contribution in [2.24, 2.45) is 0 Å². The first-order chi connectivity index (χ1) is 9.99. The van der Waals surface area contributed by atoms with Gasteiger partial charge in [0.15, 0.2) is 0 Å². The van der Waals surface area contributed by atoms with Gasteiger partial charge in [0.05, 0.1) is 0 Å². The van der Waals surface area contributed by atoms with Crippen LogP contribution >= 0.6 is 0 Å². The number of rotatable bonds is 3. The van der Waals surface area contributed by atoms with Gasteiger partial charge in [-0.2, -0.15) is 0 Å². The van der Waals surface area contributed by atoms with Gasteiger partial charge >= 0.3 is 12.0 Å². The number of nitrogens with zero attached hydrogens (tertiary/aromatic N) is 3. The highest BCUT2D eigenvalue weighted by atomic mass is 16.4. The summed E-state index contributed by atoms with van der Waals surface area (Å²) in [5.74, 6) is -1.02. The fourth-order valence-corrected chi connectivity index (χ4v) is 2.59. The summed E-state index contributed by atoms with van der Waals surface area (Å²) < 4.78 is 0. The highest BCUT2D eigenvalue weighted by molar-refractivity contribution is 5.96. The fraction of sp³-hybridized carbons (Fsp3) is 0.467. The van der Waals surface area contributed by atoms with Gasteiger partial charge in [-0.3, -0.25) is 9.69 Å². The van der Waals surface area contributed by atoms with E-state index in [1.807, 2.05) is 20.0 Å². The Morgan fingerprint density at radius 1 is 1.29 bits per heavy atom. The van der Waals surface area contributed by atoms with Crippen LogP contribution in [0.25, 0.3) is 0 Å². The quantitative estimate of drug-likeness (QED) is 0.912. The summed E-state index contributed by atoms with van der Waals surface area (Å²) in [5, 5.41) is 9.08. The predicted molar refractivity (Wildman–Crippen MR) is 80.5 cm³/mol. The first-order valence-corrected chi connectivity index (χ1v) is 7.02. The van der Waals surface area contributed by atoms with Gasteiger partial charge in [0.25, 0.3) is 0 Å². The Balaban J connectivity index is 2.20. The van der Waals surface area contributed by atoms with Gasteiger partial charge in [-0.05, 0) is 26.1 Å². The maximum absolute atomic E-state index is 12.7. The molecule has 6 heteroatoms. The summed E-state index contributed by atoms with van der Waals surface area (Å²) in [6.07, 6.45) is 0. The number of carboxylic acids is 1. The summed E-state index contributed by atoms with van der Waals surface area (Å²) in [6, 6.07) is 8.75. The van der Waals surface area contributed by atoms with E-state index >= 15 is 0 Å². The Morgan fingerprint density at radius 3 is 2.52 bits per heavy atom. The molecule has 1 aromatic rings. The molecule has 1 aliphatic rings. The lowest BCUT2D eigenvalue weighted by molar-refractivity contribution is -0.135. The molecule has 2 rings (SSSR count). The lowest BCUT2D eigenvalue weighted by Gasteiger charge is -2.40. The molecule has 1 heterocycles. The van der Waals surface area contributed by atoms with Gasteiger partial charge in [0.1, 0.15) is 6.54 Å². The number of amides is 2. The lowest BCUT2D eigenvalue weighted by Crippen LogP contribution is -2.57. The number of piperazine rings is 1. The van der Waals surface area contributed by atoms with E-state index in [1.165, 1.54) is 4.90 Å². The average molecular weight is 291 g/mol. The second kappa shape index (κ2) is 6.58. The van der Waals surface area contributed by atoms with Crippen LogP contribution in [0.4, 0.5) is 10.5 Å². The van der Waals surface area contributed by atoms with Crippen LogP contribution in [0.15, 0.2) is 30.3 Å². The lowest BCUT2D eigenvalue weighted by atomic mass is 10.2. The molecule has 6 nitrogen and oxygen atoms in total. The molecule has 1 atom stereocenters. The third-order valence-corrected chi connectivity index (χ3v) is 3.67. The number of urea groups is 1. The van der Waals surface area contributed by atoms with Gasteiger partial charge in [0.2, 0.25) is 0 Å². The molecule has 0 aliphatic carbocycles. The van der Waals surface area contributed by atoms with Gasteiger partial charge in [-0.25, -0.2) is 4.79 Å². The minimum Gasteiger partial charge on any atom is -0.480 e. The number of benzene rings is 1. The van der Waals surface area contributed by atoms with Crippen molar-refractivity contribution >= 4 is 17.7 Å². The number of carbonyl (C=O) groups is 2. The smallest absolute Gasteiger partial charge is 0.325 e. The molecule has 1 N–H and O–H groups in total. The van der Waals surface area contributed by atoms with E-state index in [4.69, 9.17) is 5.11 Å². The van der Waals surface area contributed by atoms with Crippen LogP contribution in [0.2, 0.25) is 0 Å².